The highest BCUT2D eigenvalue weighted by Crippen LogP contribution is 2.08. The Morgan fingerprint density at radius 1 is 1.08 bits per heavy atom. The molecular formula is C19H19N3O2. The smallest absolute Gasteiger partial charge is 0.251 e. The van der Waals surface area contributed by atoms with Gasteiger partial charge in [-0.15, -0.1) is 0 Å². The summed E-state index contributed by atoms with van der Waals surface area (Å²) in [5.74, 6) is 0.705. The second-order valence-corrected chi connectivity index (χ2v) is 5.35. The maximum atomic E-state index is 12.1. The molecule has 0 bridgehead atoms. The van der Waals surface area contributed by atoms with Gasteiger partial charge in [0.1, 0.15) is 12.4 Å². The third kappa shape index (κ3) is 4.46. The van der Waals surface area contributed by atoms with E-state index in [1.165, 1.54) is 0 Å². The molecule has 122 valence electrons. The maximum absolute atomic E-state index is 12.1. The lowest BCUT2D eigenvalue weighted by Gasteiger charge is -2.08. The van der Waals surface area contributed by atoms with E-state index in [1.54, 1.807) is 12.5 Å². The van der Waals surface area contributed by atoms with E-state index >= 15 is 0 Å². The van der Waals surface area contributed by atoms with E-state index in [9.17, 15) is 4.79 Å². The Bertz CT molecular complexity index is 753. The number of carbonyl (C=O) groups excluding carboxylic acids is 1. The summed E-state index contributed by atoms with van der Waals surface area (Å²) in [5.41, 5.74) is 1.76. The Hall–Kier alpha value is -3.08. The number of rotatable bonds is 7. The number of hydrogen-bond acceptors (Lipinski definition) is 3. The van der Waals surface area contributed by atoms with Crippen LogP contribution in [0, 0.1) is 0 Å². The summed E-state index contributed by atoms with van der Waals surface area (Å²) in [6.07, 6.45) is 5.43. The highest BCUT2D eigenvalue weighted by molar-refractivity contribution is 5.94. The number of ether oxygens (including phenoxy) is 1. The number of carbonyl (C=O) groups is 1. The molecule has 24 heavy (non-hydrogen) atoms. The minimum absolute atomic E-state index is 0.0964. The number of nitrogens with one attached hydrogen (secondary N) is 1. The van der Waals surface area contributed by atoms with Gasteiger partial charge < -0.3 is 14.6 Å². The summed E-state index contributed by atoms with van der Waals surface area (Å²) >= 11 is 0. The SMILES string of the molecule is O=C(NCCOc1ccccc1)c1ccc(Cn2ccnc2)cc1. The first-order chi connectivity index (χ1) is 11.8. The molecule has 3 rings (SSSR count). The van der Waals surface area contributed by atoms with E-state index in [-0.39, 0.29) is 5.91 Å². The van der Waals surface area contributed by atoms with Gasteiger partial charge in [-0.2, -0.15) is 0 Å². The van der Waals surface area contributed by atoms with Crippen LogP contribution in [0.4, 0.5) is 0 Å². The van der Waals surface area contributed by atoms with E-state index in [0.29, 0.717) is 18.7 Å². The van der Waals surface area contributed by atoms with Crippen LogP contribution in [0.15, 0.2) is 73.3 Å². The van der Waals surface area contributed by atoms with Crippen LogP contribution in [0.2, 0.25) is 0 Å². The van der Waals surface area contributed by atoms with Crippen LogP contribution < -0.4 is 10.1 Å². The van der Waals surface area contributed by atoms with Crippen LogP contribution in [0.1, 0.15) is 15.9 Å². The number of amides is 1. The minimum atomic E-state index is -0.0964. The molecule has 3 aromatic rings. The van der Waals surface area contributed by atoms with Gasteiger partial charge in [0.05, 0.1) is 12.9 Å². The number of benzene rings is 2. The van der Waals surface area contributed by atoms with E-state index in [1.807, 2.05) is 65.4 Å². The first-order valence-corrected chi connectivity index (χ1v) is 7.82. The maximum Gasteiger partial charge on any atom is 0.251 e. The van der Waals surface area contributed by atoms with Crippen LogP contribution in [0.25, 0.3) is 0 Å². The van der Waals surface area contributed by atoms with Crippen molar-refractivity contribution in [1.29, 1.82) is 0 Å². The second kappa shape index (κ2) is 7.97. The standard InChI is InChI=1S/C19H19N3O2/c23-19(21-11-13-24-18-4-2-1-3-5-18)17-8-6-16(7-9-17)14-22-12-10-20-15-22/h1-10,12,15H,11,13-14H2,(H,21,23). The van der Waals surface area contributed by atoms with Crippen LogP contribution in [0.5, 0.6) is 5.75 Å². The summed E-state index contributed by atoms with van der Waals surface area (Å²) in [6, 6.07) is 17.1. The third-order valence-corrected chi connectivity index (χ3v) is 3.54. The first-order valence-electron chi connectivity index (χ1n) is 7.82. The highest BCUT2D eigenvalue weighted by atomic mass is 16.5. The number of imidazole rings is 1. The van der Waals surface area contributed by atoms with Crippen LogP contribution in [0.3, 0.4) is 0 Å². The van der Waals surface area contributed by atoms with Crippen LogP contribution >= 0.6 is 0 Å². The van der Waals surface area contributed by atoms with Gasteiger partial charge in [-0.1, -0.05) is 30.3 Å². The number of hydrogen-bond donors (Lipinski definition) is 1. The van der Waals surface area contributed by atoms with Crippen molar-refractivity contribution < 1.29 is 9.53 Å². The molecule has 1 heterocycles. The molecule has 2 aromatic carbocycles. The van der Waals surface area contributed by atoms with Crippen molar-refractivity contribution >= 4 is 5.91 Å². The molecular weight excluding hydrogens is 302 g/mol. The van der Waals surface area contributed by atoms with Crippen molar-refractivity contribution in [3.8, 4) is 5.75 Å². The fourth-order valence-corrected chi connectivity index (χ4v) is 2.30. The van der Waals surface area contributed by atoms with E-state index < -0.39 is 0 Å². The van der Waals surface area contributed by atoms with Crippen molar-refractivity contribution in [3.63, 3.8) is 0 Å². The highest BCUT2D eigenvalue weighted by Gasteiger charge is 2.05. The number of nitrogens with zero attached hydrogens (tertiary/aromatic N) is 2. The molecule has 0 saturated carbocycles. The van der Waals surface area contributed by atoms with Gasteiger partial charge in [0.2, 0.25) is 0 Å². The van der Waals surface area contributed by atoms with Crippen LogP contribution in [-0.2, 0) is 6.54 Å². The quantitative estimate of drug-likeness (QED) is 0.681. The molecule has 0 aliphatic heterocycles. The molecule has 0 saturated heterocycles. The fourth-order valence-electron chi connectivity index (χ4n) is 2.30. The average Bonchev–Trinajstić information content (AvgIpc) is 3.13. The first kappa shape index (κ1) is 15.8. The second-order valence-electron chi connectivity index (χ2n) is 5.35. The minimum Gasteiger partial charge on any atom is -0.492 e. The van der Waals surface area contributed by atoms with E-state index in [4.69, 9.17) is 4.74 Å². The topological polar surface area (TPSA) is 56.1 Å². The Labute approximate surface area is 140 Å². The van der Waals surface area contributed by atoms with Crippen molar-refractivity contribution in [2.24, 2.45) is 0 Å². The van der Waals surface area contributed by atoms with Gasteiger partial charge in [-0.05, 0) is 29.8 Å². The van der Waals surface area contributed by atoms with Gasteiger partial charge >= 0.3 is 0 Å². The molecule has 0 radical (unpaired) electrons. The molecule has 1 aromatic heterocycles. The van der Waals surface area contributed by atoms with Crippen LogP contribution in [-0.4, -0.2) is 28.6 Å². The van der Waals surface area contributed by atoms with Gasteiger partial charge in [0.25, 0.3) is 5.91 Å². The van der Waals surface area contributed by atoms with E-state index in [2.05, 4.69) is 10.3 Å². The zero-order chi connectivity index (χ0) is 16.6. The lowest BCUT2D eigenvalue weighted by Crippen LogP contribution is -2.28. The predicted octanol–water partition coefficient (Wildman–Crippen LogP) is 2.74. The summed E-state index contributed by atoms with van der Waals surface area (Å²) in [5, 5.41) is 2.86. The predicted molar refractivity (Wildman–Crippen MR) is 92.0 cm³/mol. The largest absolute Gasteiger partial charge is 0.492 e. The Balaban J connectivity index is 1.44. The molecule has 0 fully saturated rings. The summed E-state index contributed by atoms with van der Waals surface area (Å²) in [7, 11) is 0. The third-order valence-electron chi connectivity index (χ3n) is 3.54. The van der Waals surface area contributed by atoms with Crippen molar-refractivity contribution in [1.82, 2.24) is 14.9 Å². The summed E-state index contributed by atoms with van der Waals surface area (Å²) in [4.78, 5) is 16.1. The molecule has 0 unspecified atom stereocenters. The van der Waals surface area contributed by atoms with Gasteiger partial charge in [-0.25, -0.2) is 4.98 Å². The van der Waals surface area contributed by atoms with Gasteiger partial charge in [-0.3, -0.25) is 4.79 Å². The van der Waals surface area contributed by atoms with Gasteiger partial charge in [0.15, 0.2) is 0 Å². The molecule has 1 N–H and O–H groups in total. The molecule has 0 aliphatic rings. The van der Waals surface area contributed by atoms with Crippen molar-refractivity contribution in [2.75, 3.05) is 13.2 Å². The summed E-state index contributed by atoms with van der Waals surface area (Å²) < 4.78 is 7.53. The van der Waals surface area contributed by atoms with Crippen molar-refractivity contribution in [2.45, 2.75) is 6.54 Å². The molecule has 0 atom stereocenters. The fraction of sp³-hybridized carbons (Fsp3) is 0.158. The Morgan fingerprint density at radius 3 is 2.58 bits per heavy atom. The number of para-hydroxylation sites is 1. The molecule has 1 amide bonds. The molecule has 5 heteroatoms. The lowest BCUT2D eigenvalue weighted by atomic mass is 10.1. The summed E-state index contributed by atoms with van der Waals surface area (Å²) in [6.45, 7) is 1.64. The zero-order valence-electron chi connectivity index (χ0n) is 13.3. The Kier molecular flexibility index (Phi) is 5.24. The normalized spacial score (nSPS) is 10.3. The number of aromatic nitrogens is 2. The zero-order valence-corrected chi connectivity index (χ0v) is 13.3. The molecule has 0 aliphatic carbocycles. The average molecular weight is 321 g/mol. The molecule has 0 spiro atoms. The lowest BCUT2D eigenvalue weighted by molar-refractivity contribution is 0.0947. The monoisotopic (exact) mass is 321 g/mol. The van der Waals surface area contributed by atoms with Gasteiger partial charge in [0, 0.05) is 24.5 Å². The Morgan fingerprint density at radius 2 is 1.88 bits per heavy atom. The van der Waals surface area contributed by atoms with E-state index in [0.717, 1.165) is 17.9 Å². The molecule has 5 nitrogen and oxygen atoms in total. The van der Waals surface area contributed by atoms with Crippen molar-refractivity contribution in [3.05, 3.63) is 84.4 Å².